The number of aliphatic imine (C=N–C) groups is 1. The van der Waals surface area contributed by atoms with E-state index in [1.165, 1.54) is 5.56 Å². The van der Waals surface area contributed by atoms with Crippen LogP contribution in [0.25, 0.3) is 0 Å². The third-order valence-corrected chi connectivity index (χ3v) is 2.41. The SMILES string of the molecule is c1coc(C2=Nc3ccccc3C2)c1. The molecule has 0 spiro atoms. The molecule has 0 aliphatic carbocycles. The second kappa shape index (κ2) is 2.84. The van der Waals surface area contributed by atoms with Gasteiger partial charge in [-0.3, -0.25) is 0 Å². The Morgan fingerprint density at radius 1 is 1.07 bits per heavy atom. The fourth-order valence-corrected chi connectivity index (χ4v) is 1.72. The Morgan fingerprint density at radius 3 is 2.79 bits per heavy atom. The molecule has 2 aromatic rings. The Bertz CT molecular complexity index is 483. The van der Waals surface area contributed by atoms with Gasteiger partial charge in [0.2, 0.25) is 0 Å². The van der Waals surface area contributed by atoms with Crippen molar-refractivity contribution >= 4 is 11.4 Å². The second-order valence-corrected chi connectivity index (χ2v) is 3.34. The fraction of sp³-hybridized carbons (Fsp3) is 0.0833. The maximum absolute atomic E-state index is 5.32. The van der Waals surface area contributed by atoms with Gasteiger partial charge < -0.3 is 4.42 Å². The van der Waals surface area contributed by atoms with Crippen molar-refractivity contribution in [3.05, 3.63) is 54.0 Å². The Kier molecular flexibility index (Phi) is 1.53. The van der Waals surface area contributed by atoms with Gasteiger partial charge in [-0.15, -0.1) is 0 Å². The highest BCUT2D eigenvalue weighted by Crippen LogP contribution is 2.28. The third kappa shape index (κ3) is 1.08. The van der Waals surface area contributed by atoms with Crippen LogP contribution in [0.4, 0.5) is 5.69 Å². The van der Waals surface area contributed by atoms with Gasteiger partial charge in [-0.25, -0.2) is 4.99 Å². The minimum Gasteiger partial charge on any atom is -0.463 e. The predicted molar refractivity (Wildman–Crippen MR) is 55.1 cm³/mol. The van der Waals surface area contributed by atoms with Gasteiger partial charge in [0.15, 0.2) is 0 Å². The number of hydrogen-bond acceptors (Lipinski definition) is 2. The molecule has 2 nitrogen and oxygen atoms in total. The summed E-state index contributed by atoms with van der Waals surface area (Å²) < 4.78 is 5.32. The van der Waals surface area contributed by atoms with Gasteiger partial charge >= 0.3 is 0 Å². The Labute approximate surface area is 81.9 Å². The summed E-state index contributed by atoms with van der Waals surface area (Å²) in [4.78, 5) is 4.52. The molecule has 0 fully saturated rings. The topological polar surface area (TPSA) is 25.5 Å². The molecule has 0 amide bonds. The van der Waals surface area contributed by atoms with E-state index in [0.717, 1.165) is 23.6 Å². The van der Waals surface area contributed by atoms with Crippen molar-refractivity contribution in [1.29, 1.82) is 0 Å². The van der Waals surface area contributed by atoms with Crippen molar-refractivity contribution in [2.45, 2.75) is 6.42 Å². The lowest BCUT2D eigenvalue weighted by atomic mass is 10.1. The summed E-state index contributed by atoms with van der Waals surface area (Å²) in [5.74, 6) is 0.876. The van der Waals surface area contributed by atoms with E-state index in [2.05, 4.69) is 11.1 Å². The van der Waals surface area contributed by atoms with E-state index in [1.54, 1.807) is 6.26 Å². The summed E-state index contributed by atoms with van der Waals surface area (Å²) in [5, 5.41) is 0. The second-order valence-electron chi connectivity index (χ2n) is 3.34. The van der Waals surface area contributed by atoms with Crippen molar-refractivity contribution in [1.82, 2.24) is 0 Å². The number of rotatable bonds is 1. The van der Waals surface area contributed by atoms with Crippen LogP contribution in [0.1, 0.15) is 11.3 Å². The predicted octanol–water partition coefficient (Wildman–Crippen LogP) is 2.96. The van der Waals surface area contributed by atoms with Crippen molar-refractivity contribution in [2.24, 2.45) is 4.99 Å². The molecular weight excluding hydrogens is 174 g/mol. The highest BCUT2D eigenvalue weighted by molar-refractivity contribution is 6.04. The van der Waals surface area contributed by atoms with Gasteiger partial charge in [0.1, 0.15) is 5.76 Å². The molecule has 0 bridgehead atoms. The highest BCUT2D eigenvalue weighted by Gasteiger charge is 2.16. The normalized spacial score (nSPS) is 13.9. The fourth-order valence-electron chi connectivity index (χ4n) is 1.72. The summed E-state index contributed by atoms with van der Waals surface area (Å²) in [6.07, 6.45) is 2.56. The van der Waals surface area contributed by atoms with Crippen molar-refractivity contribution in [3.8, 4) is 0 Å². The quantitative estimate of drug-likeness (QED) is 0.667. The van der Waals surface area contributed by atoms with Crippen LogP contribution < -0.4 is 0 Å². The minimum atomic E-state index is 0.876. The van der Waals surface area contributed by atoms with Gasteiger partial charge in [0.05, 0.1) is 17.7 Å². The average molecular weight is 183 g/mol. The van der Waals surface area contributed by atoms with E-state index < -0.39 is 0 Å². The number of benzene rings is 1. The lowest BCUT2D eigenvalue weighted by molar-refractivity contribution is 0.557. The first-order chi connectivity index (χ1) is 6.93. The lowest BCUT2D eigenvalue weighted by Gasteiger charge is -1.93. The Balaban J connectivity index is 2.04. The van der Waals surface area contributed by atoms with Crippen molar-refractivity contribution < 1.29 is 4.42 Å². The summed E-state index contributed by atoms with van der Waals surface area (Å²) in [6.45, 7) is 0. The number of furan rings is 1. The molecule has 1 aliphatic heterocycles. The molecule has 14 heavy (non-hydrogen) atoms. The van der Waals surface area contributed by atoms with Crippen LogP contribution in [0, 0.1) is 0 Å². The van der Waals surface area contributed by atoms with Gasteiger partial charge in [0.25, 0.3) is 0 Å². The zero-order valence-corrected chi connectivity index (χ0v) is 7.60. The van der Waals surface area contributed by atoms with Crippen LogP contribution in [0.3, 0.4) is 0 Å². The molecule has 1 aromatic heterocycles. The number of fused-ring (bicyclic) bond motifs is 1. The van der Waals surface area contributed by atoms with Gasteiger partial charge in [0, 0.05) is 6.42 Å². The lowest BCUT2D eigenvalue weighted by Crippen LogP contribution is -1.97. The average Bonchev–Trinajstić information content (AvgIpc) is 2.86. The molecule has 0 saturated carbocycles. The van der Waals surface area contributed by atoms with Gasteiger partial charge in [-0.1, -0.05) is 18.2 Å². The van der Waals surface area contributed by atoms with E-state index in [9.17, 15) is 0 Å². The Morgan fingerprint density at radius 2 is 2.00 bits per heavy atom. The molecular formula is C12H9NO. The minimum absolute atomic E-state index is 0.876. The van der Waals surface area contributed by atoms with E-state index >= 15 is 0 Å². The first-order valence-electron chi connectivity index (χ1n) is 4.63. The maximum atomic E-state index is 5.32. The van der Waals surface area contributed by atoms with E-state index in [1.807, 2.05) is 30.3 Å². The first-order valence-corrected chi connectivity index (χ1v) is 4.63. The molecule has 2 heteroatoms. The molecule has 68 valence electrons. The smallest absolute Gasteiger partial charge is 0.148 e. The number of para-hydroxylation sites is 1. The monoisotopic (exact) mass is 183 g/mol. The van der Waals surface area contributed by atoms with Gasteiger partial charge in [-0.2, -0.15) is 0 Å². The van der Waals surface area contributed by atoms with Crippen molar-refractivity contribution in [2.75, 3.05) is 0 Å². The van der Waals surface area contributed by atoms with Crippen LogP contribution in [0.15, 0.2) is 52.1 Å². The standard InChI is InChI=1S/C12H9NO/c1-2-5-10-9(4-1)8-11(13-10)12-6-3-7-14-12/h1-7H,8H2. The van der Waals surface area contributed by atoms with Crippen LogP contribution in [-0.4, -0.2) is 5.71 Å². The zero-order chi connectivity index (χ0) is 9.38. The molecule has 2 heterocycles. The molecule has 0 radical (unpaired) electrons. The van der Waals surface area contributed by atoms with Crippen LogP contribution in [0.5, 0.6) is 0 Å². The molecule has 0 unspecified atom stereocenters. The zero-order valence-electron chi connectivity index (χ0n) is 7.60. The van der Waals surface area contributed by atoms with Crippen molar-refractivity contribution in [3.63, 3.8) is 0 Å². The van der Waals surface area contributed by atoms with E-state index in [4.69, 9.17) is 4.42 Å². The van der Waals surface area contributed by atoms with Crippen LogP contribution in [-0.2, 0) is 6.42 Å². The maximum Gasteiger partial charge on any atom is 0.148 e. The Hall–Kier alpha value is -1.83. The highest BCUT2D eigenvalue weighted by atomic mass is 16.3. The number of nitrogens with zero attached hydrogens (tertiary/aromatic N) is 1. The van der Waals surface area contributed by atoms with E-state index in [-0.39, 0.29) is 0 Å². The van der Waals surface area contributed by atoms with E-state index in [0.29, 0.717) is 0 Å². The molecule has 0 saturated heterocycles. The number of hydrogen-bond donors (Lipinski definition) is 0. The molecule has 0 atom stereocenters. The summed E-state index contributed by atoms with van der Waals surface area (Å²) in [6, 6.07) is 12.0. The summed E-state index contributed by atoms with van der Waals surface area (Å²) in [5.41, 5.74) is 3.37. The third-order valence-electron chi connectivity index (χ3n) is 2.41. The molecule has 0 N–H and O–H groups in total. The largest absolute Gasteiger partial charge is 0.463 e. The van der Waals surface area contributed by atoms with Crippen LogP contribution in [0.2, 0.25) is 0 Å². The molecule has 3 rings (SSSR count). The van der Waals surface area contributed by atoms with Gasteiger partial charge in [-0.05, 0) is 23.8 Å². The molecule has 1 aliphatic rings. The first kappa shape index (κ1) is 7.56. The molecule has 1 aromatic carbocycles. The van der Waals surface area contributed by atoms with Crippen LogP contribution >= 0.6 is 0 Å². The summed E-state index contributed by atoms with van der Waals surface area (Å²) in [7, 11) is 0. The summed E-state index contributed by atoms with van der Waals surface area (Å²) >= 11 is 0.